The number of hydrogen-bond acceptors (Lipinski definition) is 0. The van der Waals surface area contributed by atoms with Gasteiger partial charge in [0.25, 0.3) is 0 Å². The number of nitrogens with zero attached hydrogens (tertiary/aromatic N) is 2. The van der Waals surface area contributed by atoms with Gasteiger partial charge >= 0.3 is 150 Å². The summed E-state index contributed by atoms with van der Waals surface area (Å²) in [6, 6.07) is 6.67. The number of rotatable bonds is 4. The van der Waals surface area contributed by atoms with Crippen LogP contribution in [-0.4, -0.2) is 14.1 Å². The Morgan fingerprint density at radius 3 is 1.91 bits per heavy atom. The van der Waals surface area contributed by atoms with Crippen LogP contribution in [0.25, 0.3) is 5.69 Å². The van der Waals surface area contributed by atoms with Crippen LogP contribution in [0.3, 0.4) is 0 Å². The van der Waals surface area contributed by atoms with E-state index in [1.54, 1.807) is 0 Å². The average molecular weight is 375 g/mol. The molecule has 0 radical (unpaired) electrons. The van der Waals surface area contributed by atoms with Crippen molar-refractivity contribution >= 4 is 8.73 Å². The van der Waals surface area contributed by atoms with Gasteiger partial charge in [0.2, 0.25) is 0 Å². The molecule has 0 saturated carbocycles. The summed E-state index contributed by atoms with van der Waals surface area (Å²) in [6.45, 7) is 15.8. The molecule has 0 amide bonds. The van der Waals surface area contributed by atoms with Gasteiger partial charge in [-0.1, -0.05) is 0 Å². The molecule has 1 aromatic carbocycles. The zero-order valence-electron chi connectivity index (χ0n) is 15.3. The van der Waals surface area contributed by atoms with Crippen LogP contribution >= 0.6 is 8.73 Å². The molecule has 4 heteroatoms. The molecule has 1 aromatic heterocycles. The van der Waals surface area contributed by atoms with Gasteiger partial charge in [-0.05, 0) is 0 Å². The van der Waals surface area contributed by atoms with Gasteiger partial charge in [0.05, 0.1) is 0 Å². The van der Waals surface area contributed by atoms with Crippen molar-refractivity contribution in [2.45, 2.75) is 65.5 Å². The molecule has 1 heterocycles. The second kappa shape index (κ2) is 7.09. The Hall–Kier alpha value is -0.634. The number of imidazole rings is 1. The van der Waals surface area contributed by atoms with Crippen molar-refractivity contribution in [1.29, 1.82) is 0 Å². The standard InChI is InChI=1S/C19H29N2P.Co/c1-14(2)16-9-8-10-17(15(3)4)18(16)20-11-12-21(13-20)22-19(5,6)7;/h8-12,14-15,22H,1-7H3;. The molecule has 0 spiro atoms. The molecule has 0 saturated heterocycles. The second-order valence-electron chi connectivity index (χ2n) is 7.74. The summed E-state index contributed by atoms with van der Waals surface area (Å²) in [5.74, 6) is 0.966. The minimum absolute atomic E-state index is 0.256. The van der Waals surface area contributed by atoms with Crippen LogP contribution in [0.1, 0.15) is 71.4 Å². The molecule has 1 unspecified atom stereocenters. The van der Waals surface area contributed by atoms with Gasteiger partial charge < -0.3 is 0 Å². The molecule has 0 aliphatic rings. The van der Waals surface area contributed by atoms with E-state index in [2.05, 4.69) is 88.0 Å². The predicted octanol–water partition coefficient (Wildman–Crippen LogP) is 5.84. The summed E-state index contributed by atoms with van der Waals surface area (Å²) in [5.41, 5.74) is 4.07. The van der Waals surface area contributed by atoms with Crippen LogP contribution in [0.4, 0.5) is 0 Å². The van der Waals surface area contributed by atoms with Crippen molar-refractivity contribution < 1.29 is 15.3 Å². The van der Waals surface area contributed by atoms with Crippen molar-refractivity contribution in [1.82, 2.24) is 8.90 Å². The van der Waals surface area contributed by atoms with E-state index < -0.39 is 0 Å². The Labute approximate surface area is 150 Å². The van der Waals surface area contributed by atoms with E-state index in [9.17, 15) is 0 Å². The second-order valence-corrected chi connectivity index (χ2v) is 10.4. The zero-order chi connectivity index (χ0) is 17.4. The summed E-state index contributed by atoms with van der Waals surface area (Å²) in [7, 11) is 0.679. The molecule has 0 N–H and O–H groups in total. The van der Waals surface area contributed by atoms with Gasteiger partial charge in [0.1, 0.15) is 0 Å². The van der Waals surface area contributed by atoms with E-state index in [1.807, 2.05) is 0 Å². The van der Waals surface area contributed by atoms with Gasteiger partial charge in [-0.2, -0.15) is 0 Å². The number of hydrogen-bond donors (Lipinski definition) is 0. The van der Waals surface area contributed by atoms with Crippen LogP contribution in [0.15, 0.2) is 30.6 Å². The molecule has 0 bridgehead atoms. The number of benzene rings is 1. The third-order valence-electron chi connectivity index (χ3n) is 3.78. The Kier molecular flexibility index (Phi) is 5.76. The molecule has 129 valence electrons. The monoisotopic (exact) mass is 375 g/mol. The van der Waals surface area contributed by atoms with Crippen molar-refractivity contribution in [3.63, 3.8) is 0 Å². The first-order valence-electron chi connectivity index (χ1n) is 8.29. The summed E-state index contributed by atoms with van der Waals surface area (Å²) in [5, 5.41) is 0.256. The fraction of sp³-hybridized carbons (Fsp3) is 0.526. The predicted molar refractivity (Wildman–Crippen MR) is 98.6 cm³/mol. The maximum absolute atomic E-state index is 4.91. The van der Waals surface area contributed by atoms with E-state index in [-0.39, 0.29) is 5.16 Å². The molecule has 0 aliphatic heterocycles. The molecule has 2 nitrogen and oxygen atoms in total. The SMILES string of the molecule is CC(C)c1cccc(C(C)C)c1-n1ccn(PC(C)(C)C)[c]1=[Co]. The number of aromatic nitrogens is 2. The first-order chi connectivity index (χ1) is 10.6. The maximum atomic E-state index is 4.91. The molecule has 0 aliphatic carbocycles. The minimum atomic E-state index is 0.256. The van der Waals surface area contributed by atoms with Crippen molar-refractivity contribution in [2.24, 2.45) is 0 Å². The average Bonchev–Trinajstić information content (AvgIpc) is 2.77. The van der Waals surface area contributed by atoms with E-state index in [4.69, 9.17) is 15.3 Å². The van der Waals surface area contributed by atoms with Crippen LogP contribution in [-0.2, 0) is 15.3 Å². The van der Waals surface area contributed by atoms with E-state index in [0.717, 1.165) is 4.36 Å². The summed E-state index contributed by atoms with van der Waals surface area (Å²) in [6.07, 6.45) is 4.32. The van der Waals surface area contributed by atoms with Gasteiger partial charge in [0.15, 0.2) is 0 Å². The third kappa shape index (κ3) is 4.26. The fourth-order valence-corrected chi connectivity index (χ4v) is 4.26. The zero-order valence-corrected chi connectivity index (χ0v) is 17.3. The third-order valence-corrected chi connectivity index (χ3v) is 5.75. The van der Waals surface area contributed by atoms with Gasteiger partial charge in [-0.3, -0.25) is 0 Å². The summed E-state index contributed by atoms with van der Waals surface area (Å²) < 4.78 is 5.52. The van der Waals surface area contributed by atoms with Crippen molar-refractivity contribution in [2.75, 3.05) is 0 Å². The quantitative estimate of drug-likeness (QED) is 0.594. The molecule has 2 aromatic rings. The summed E-state index contributed by atoms with van der Waals surface area (Å²) >= 11 is 4.91. The van der Waals surface area contributed by atoms with Crippen molar-refractivity contribution in [3.05, 3.63) is 46.1 Å². The molecule has 1 atom stereocenters. The van der Waals surface area contributed by atoms with Gasteiger partial charge in [-0.15, -0.1) is 0 Å². The molecular formula is C19H29CoN2P. The Balaban J connectivity index is 2.65. The van der Waals surface area contributed by atoms with Crippen molar-refractivity contribution in [3.8, 4) is 5.69 Å². The normalized spacial score (nSPS) is 13.0. The van der Waals surface area contributed by atoms with E-state index >= 15 is 0 Å². The van der Waals surface area contributed by atoms with Gasteiger partial charge in [0, 0.05) is 0 Å². The first-order valence-corrected chi connectivity index (χ1v) is 9.76. The molecule has 23 heavy (non-hydrogen) atoms. The summed E-state index contributed by atoms with van der Waals surface area (Å²) in [4.78, 5) is 0. The van der Waals surface area contributed by atoms with Crippen LogP contribution in [0, 0.1) is 4.36 Å². The Morgan fingerprint density at radius 1 is 0.957 bits per heavy atom. The van der Waals surface area contributed by atoms with E-state index in [0.29, 0.717) is 20.6 Å². The number of para-hydroxylation sites is 1. The van der Waals surface area contributed by atoms with Crippen LogP contribution in [0.5, 0.6) is 0 Å². The fourth-order valence-electron chi connectivity index (χ4n) is 2.76. The Morgan fingerprint density at radius 2 is 1.48 bits per heavy atom. The van der Waals surface area contributed by atoms with Crippen LogP contribution < -0.4 is 0 Å². The van der Waals surface area contributed by atoms with Crippen LogP contribution in [0.2, 0.25) is 0 Å². The Bertz CT molecular complexity index is 706. The first kappa shape index (κ1) is 18.7. The molecular weight excluding hydrogens is 346 g/mol. The molecule has 2 rings (SSSR count). The van der Waals surface area contributed by atoms with Gasteiger partial charge in [-0.25, -0.2) is 0 Å². The molecule has 0 fully saturated rings. The topological polar surface area (TPSA) is 9.86 Å². The van der Waals surface area contributed by atoms with E-state index in [1.165, 1.54) is 16.8 Å².